The number of ether oxygens (including phenoxy) is 1. The summed E-state index contributed by atoms with van der Waals surface area (Å²) in [5, 5.41) is 3.31. The summed E-state index contributed by atoms with van der Waals surface area (Å²) in [6.07, 6.45) is 5.30. The molecule has 1 saturated heterocycles. The Hall–Kier alpha value is -2.58. The Morgan fingerprint density at radius 1 is 1.33 bits per heavy atom. The van der Waals surface area contributed by atoms with Crippen molar-refractivity contribution in [1.29, 1.82) is 0 Å². The zero-order valence-corrected chi connectivity index (χ0v) is 15.4. The number of benzene rings is 1. The molecule has 1 aliphatic heterocycles. The van der Waals surface area contributed by atoms with Crippen molar-refractivity contribution in [2.45, 2.75) is 18.9 Å². The number of aromatic nitrogens is 2. The minimum atomic E-state index is -0.305. The molecule has 3 heterocycles. The zero-order chi connectivity index (χ0) is 18.6. The van der Waals surface area contributed by atoms with Gasteiger partial charge in [-0.3, -0.25) is 14.7 Å². The number of fused-ring (bicyclic) bond motifs is 1. The Bertz CT molecular complexity index is 926. The Morgan fingerprint density at radius 2 is 2.19 bits per heavy atom. The number of halogens is 1. The van der Waals surface area contributed by atoms with E-state index in [1.165, 1.54) is 23.5 Å². The van der Waals surface area contributed by atoms with Crippen LogP contribution in [0.4, 0.5) is 9.52 Å². The number of carbonyl (C=O) groups is 1. The molecule has 140 valence electrons. The Morgan fingerprint density at radius 3 is 2.96 bits per heavy atom. The van der Waals surface area contributed by atoms with Crippen molar-refractivity contribution >= 4 is 32.6 Å². The van der Waals surface area contributed by atoms with E-state index in [-0.39, 0.29) is 17.8 Å². The highest BCUT2D eigenvalue weighted by atomic mass is 32.1. The van der Waals surface area contributed by atoms with Gasteiger partial charge in [-0.25, -0.2) is 9.37 Å². The van der Waals surface area contributed by atoms with E-state index in [0.29, 0.717) is 17.2 Å². The van der Waals surface area contributed by atoms with Crippen LogP contribution in [0.3, 0.4) is 0 Å². The summed E-state index contributed by atoms with van der Waals surface area (Å²) in [7, 11) is 0. The van der Waals surface area contributed by atoms with E-state index in [1.54, 1.807) is 18.5 Å². The van der Waals surface area contributed by atoms with Crippen LogP contribution in [-0.2, 0) is 4.79 Å². The number of amides is 1. The Balaban J connectivity index is 1.26. The second kappa shape index (κ2) is 7.98. The average molecular weight is 386 g/mol. The van der Waals surface area contributed by atoms with E-state index in [0.717, 1.165) is 36.4 Å². The van der Waals surface area contributed by atoms with E-state index in [2.05, 4.69) is 20.2 Å². The van der Waals surface area contributed by atoms with Gasteiger partial charge in [-0.15, -0.1) is 0 Å². The third kappa shape index (κ3) is 4.58. The standard InChI is InChI=1S/C19H19FN4O2S/c20-13-3-4-16-17(10-13)27-19(22-16)23-18(25)12-24-8-5-14(6-9-24)26-15-2-1-7-21-11-15/h1-4,7,10-11,14H,5-6,8-9,12H2,(H,22,23,25). The van der Waals surface area contributed by atoms with E-state index < -0.39 is 0 Å². The highest BCUT2D eigenvalue weighted by Gasteiger charge is 2.22. The lowest BCUT2D eigenvalue weighted by Gasteiger charge is -2.31. The molecule has 2 aromatic heterocycles. The van der Waals surface area contributed by atoms with Crippen LogP contribution < -0.4 is 10.1 Å². The quantitative estimate of drug-likeness (QED) is 0.729. The van der Waals surface area contributed by atoms with Gasteiger partial charge in [-0.1, -0.05) is 11.3 Å². The van der Waals surface area contributed by atoms with Crippen molar-refractivity contribution < 1.29 is 13.9 Å². The highest BCUT2D eigenvalue weighted by molar-refractivity contribution is 7.22. The first-order valence-corrected chi connectivity index (χ1v) is 9.62. The maximum Gasteiger partial charge on any atom is 0.240 e. The summed E-state index contributed by atoms with van der Waals surface area (Å²) in [5.74, 6) is 0.363. The molecule has 0 atom stereocenters. The number of nitrogens with one attached hydrogen (secondary N) is 1. The lowest BCUT2D eigenvalue weighted by molar-refractivity contribution is -0.117. The molecule has 1 amide bonds. The number of hydrogen-bond donors (Lipinski definition) is 1. The molecule has 6 nitrogen and oxygen atoms in total. The van der Waals surface area contributed by atoms with Crippen LogP contribution in [0, 0.1) is 5.82 Å². The molecular weight excluding hydrogens is 367 g/mol. The number of pyridine rings is 1. The fourth-order valence-corrected chi connectivity index (χ4v) is 4.02. The fraction of sp³-hybridized carbons (Fsp3) is 0.316. The van der Waals surface area contributed by atoms with Crippen LogP contribution in [0.25, 0.3) is 10.2 Å². The average Bonchev–Trinajstić information content (AvgIpc) is 3.05. The largest absolute Gasteiger partial charge is 0.489 e. The predicted molar refractivity (Wildman–Crippen MR) is 103 cm³/mol. The predicted octanol–water partition coefficient (Wildman–Crippen LogP) is 3.31. The monoisotopic (exact) mass is 386 g/mol. The number of rotatable bonds is 5. The Labute approximate surface area is 160 Å². The first kappa shape index (κ1) is 17.8. The summed E-state index contributed by atoms with van der Waals surface area (Å²) in [4.78, 5) is 22.8. The summed E-state index contributed by atoms with van der Waals surface area (Å²) in [5.41, 5.74) is 0.685. The molecule has 4 rings (SSSR count). The lowest BCUT2D eigenvalue weighted by Crippen LogP contribution is -2.42. The van der Waals surface area contributed by atoms with Crippen molar-refractivity contribution in [3.8, 4) is 5.75 Å². The molecule has 8 heteroatoms. The van der Waals surface area contributed by atoms with Crippen LogP contribution in [0.5, 0.6) is 5.75 Å². The smallest absolute Gasteiger partial charge is 0.240 e. The van der Waals surface area contributed by atoms with Crippen LogP contribution >= 0.6 is 11.3 Å². The van der Waals surface area contributed by atoms with Gasteiger partial charge in [0.2, 0.25) is 5.91 Å². The number of anilines is 1. The maximum absolute atomic E-state index is 13.3. The molecule has 0 unspecified atom stereocenters. The molecular formula is C19H19FN4O2S. The van der Waals surface area contributed by atoms with Crippen LogP contribution in [0.2, 0.25) is 0 Å². The topological polar surface area (TPSA) is 67.4 Å². The van der Waals surface area contributed by atoms with E-state index in [9.17, 15) is 9.18 Å². The van der Waals surface area contributed by atoms with Gasteiger partial charge in [-0.2, -0.15) is 0 Å². The van der Waals surface area contributed by atoms with Crippen molar-refractivity contribution in [2.24, 2.45) is 0 Å². The van der Waals surface area contributed by atoms with Crippen molar-refractivity contribution in [1.82, 2.24) is 14.9 Å². The molecule has 0 aliphatic carbocycles. The van der Waals surface area contributed by atoms with Crippen molar-refractivity contribution in [3.63, 3.8) is 0 Å². The maximum atomic E-state index is 13.3. The molecule has 0 radical (unpaired) electrons. The van der Waals surface area contributed by atoms with Gasteiger partial charge in [0.25, 0.3) is 0 Å². The number of likely N-dealkylation sites (tertiary alicyclic amines) is 1. The summed E-state index contributed by atoms with van der Waals surface area (Å²) < 4.78 is 19.9. The molecule has 0 saturated carbocycles. The van der Waals surface area contributed by atoms with Crippen LogP contribution in [0.15, 0.2) is 42.7 Å². The number of nitrogens with zero attached hydrogens (tertiary/aromatic N) is 3. The minimum absolute atomic E-state index is 0.110. The number of hydrogen-bond acceptors (Lipinski definition) is 6. The zero-order valence-electron chi connectivity index (χ0n) is 14.6. The Kier molecular flexibility index (Phi) is 5.26. The third-order valence-corrected chi connectivity index (χ3v) is 5.37. The molecule has 1 aliphatic rings. The van der Waals surface area contributed by atoms with Gasteiger partial charge in [0, 0.05) is 19.3 Å². The highest BCUT2D eigenvalue weighted by Crippen LogP contribution is 2.26. The van der Waals surface area contributed by atoms with Crippen molar-refractivity contribution in [2.75, 3.05) is 25.0 Å². The summed E-state index contributed by atoms with van der Waals surface area (Å²) >= 11 is 1.28. The lowest BCUT2D eigenvalue weighted by atomic mass is 10.1. The van der Waals surface area contributed by atoms with Gasteiger partial charge < -0.3 is 10.1 Å². The molecule has 0 spiro atoms. The van der Waals surface area contributed by atoms with E-state index >= 15 is 0 Å². The molecule has 1 aromatic carbocycles. The summed E-state index contributed by atoms with van der Waals surface area (Å²) in [6, 6.07) is 8.16. The molecule has 27 heavy (non-hydrogen) atoms. The van der Waals surface area contributed by atoms with Gasteiger partial charge in [-0.05, 0) is 43.2 Å². The van der Waals surface area contributed by atoms with E-state index in [4.69, 9.17) is 4.74 Å². The second-order valence-electron chi connectivity index (χ2n) is 6.46. The van der Waals surface area contributed by atoms with Gasteiger partial charge in [0.15, 0.2) is 5.13 Å². The molecule has 1 N–H and O–H groups in total. The van der Waals surface area contributed by atoms with E-state index in [1.807, 2.05) is 12.1 Å². The van der Waals surface area contributed by atoms with Crippen LogP contribution in [0.1, 0.15) is 12.8 Å². The van der Waals surface area contributed by atoms with Gasteiger partial charge in [0.1, 0.15) is 17.7 Å². The fourth-order valence-electron chi connectivity index (χ4n) is 3.11. The first-order valence-electron chi connectivity index (χ1n) is 8.81. The minimum Gasteiger partial charge on any atom is -0.489 e. The number of thiazole rings is 1. The number of piperidine rings is 1. The van der Waals surface area contributed by atoms with Crippen molar-refractivity contribution in [3.05, 3.63) is 48.5 Å². The normalized spacial score (nSPS) is 15.7. The van der Waals surface area contributed by atoms with Crippen LogP contribution in [-0.4, -0.2) is 46.5 Å². The number of carbonyl (C=O) groups excluding carboxylic acids is 1. The summed E-state index contributed by atoms with van der Waals surface area (Å²) in [6.45, 7) is 1.90. The first-order chi connectivity index (χ1) is 13.2. The van der Waals surface area contributed by atoms with Gasteiger partial charge >= 0.3 is 0 Å². The second-order valence-corrected chi connectivity index (χ2v) is 7.49. The third-order valence-electron chi connectivity index (χ3n) is 4.44. The SMILES string of the molecule is O=C(CN1CCC(Oc2cccnc2)CC1)Nc1nc2ccc(F)cc2s1. The molecule has 3 aromatic rings. The van der Waals surface area contributed by atoms with Gasteiger partial charge in [0.05, 0.1) is 23.0 Å². The molecule has 0 bridgehead atoms. The molecule has 1 fully saturated rings.